The predicted molar refractivity (Wildman–Crippen MR) is 86.5 cm³/mol. The topological polar surface area (TPSA) is 67.9 Å². The minimum atomic E-state index is -1.02. The summed E-state index contributed by atoms with van der Waals surface area (Å²) >= 11 is 5.68. The van der Waals surface area contributed by atoms with Crippen LogP contribution in [0, 0.1) is 5.82 Å². The number of amides is 2. The number of rotatable bonds is 6. The number of ether oxygens (including phenoxy) is 2. The molecule has 132 valence electrons. The molecule has 1 heterocycles. The van der Waals surface area contributed by atoms with Gasteiger partial charge in [0.05, 0.1) is 11.6 Å². The number of benzene rings is 1. The SMILES string of the molecule is CNC(=O)C1(COC)CCCN1C(=O)COc1ccc(F)c(Cl)c1. The molecule has 0 spiro atoms. The fourth-order valence-corrected chi connectivity index (χ4v) is 3.13. The quantitative estimate of drug-likeness (QED) is 0.839. The van der Waals surface area contributed by atoms with Crippen LogP contribution >= 0.6 is 11.6 Å². The first kappa shape index (κ1) is 18.5. The fourth-order valence-electron chi connectivity index (χ4n) is 2.95. The largest absolute Gasteiger partial charge is 0.484 e. The maximum Gasteiger partial charge on any atom is 0.261 e. The highest BCUT2D eigenvalue weighted by Gasteiger charge is 2.49. The molecule has 0 aliphatic carbocycles. The van der Waals surface area contributed by atoms with Gasteiger partial charge in [-0.1, -0.05) is 11.6 Å². The summed E-state index contributed by atoms with van der Waals surface area (Å²) in [5.74, 6) is -0.881. The zero-order chi connectivity index (χ0) is 17.7. The van der Waals surface area contributed by atoms with Crippen LogP contribution in [0.15, 0.2) is 18.2 Å². The van der Waals surface area contributed by atoms with Gasteiger partial charge in [-0.15, -0.1) is 0 Å². The van der Waals surface area contributed by atoms with Crippen LogP contribution in [-0.2, 0) is 14.3 Å². The van der Waals surface area contributed by atoms with Gasteiger partial charge in [-0.3, -0.25) is 9.59 Å². The third kappa shape index (κ3) is 3.62. The van der Waals surface area contributed by atoms with E-state index in [1.807, 2.05) is 0 Å². The Kier molecular flexibility index (Phi) is 6.01. The molecule has 1 N–H and O–H groups in total. The van der Waals surface area contributed by atoms with E-state index in [0.717, 1.165) is 6.07 Å². The Morgan fingerprint density at radius 3 is 2.83 bits per heavy atom. The highest BCUT2D eigenvalue weighted by molar-refractivity contribution is 6.30. The third-order valence-corrected chi connectivity index (χ3v) is 4.37. The normalized spacial score (nSPS) is 20.1. The Morgan fingerprint density at radius 1 is 1.46 bits per heavy atom. The van der Waals surface area contributed by atoms with Crippen molar-refractivity contribution >= 4 is 23.4 Å². The van der Waals surface area contributed by atoms with Crippen molar-refractivity contribution in [2.45, 2.75) is 18.4 Å². The van der Waals surface area contributed by atoms with Crippen molar-refractivity contribution < 1.29 is 23.5 Å². The van der Waals surface area contributed by atoms with Crippen LogP contribution in [0.1, 0.15) is 12.8 Å². The molecule has 2 amide bonds. The number of nitrogens with zero attached hydrogens (tertiary/aromatic N) is 1. The maximum atomic E-state index is 13.1. The van der Waals surface area contributed by atoms with Gasteiger partial charge in [0.2, 0.25) is 5.91 Å². The Balaban J connectivity index is 2.09. The molecule has 24 heavy (non-hydrogen) atoms. The highest BCUT2D eigenvalue weighted by Crippen LogP contribution is 2.30. The first-order valence-electron chi connectivity index (χ1n) is 7.54. The average Bonchev–Trinajstić information content (AvgIpc) is 3.00. The summed E-state index contributed by atoms with van der Waals surface area (Å²) in [6, 6.07) is 3.85. The molecule has 0 aromatic heterocycles. The number of halogens is 2. The van der Waals surface area contributed by atoms with Gasteiger partial charge >= 0.3 is 0 Å². The Morgan fingerprint density at radius 2 is 2.21 bits per heavy atom. The minimum Gasteiger partial charge on any atom is -0.484 e. The van der Waals surface area contributed by atoms with Crippen LogP contribution in [0.5, 0.6) is 5.75 Å². The van der Waals surface area contributed by atoms with Crippen LogP contribution in [0.4, 0.5) is 4.39 Å². The van der Waals surface area contributed by atoms with Crippen molar-refractivity contribution in [2.24, 2.45) is 0 Å². The van der Waals surface area contributed by atoms with Crippen molar-refractivity contribution in [3.8, 4) is 5.75 Å². The standard InChI is InChI=1S/C16H20ClFN2O4/c1-19-15(22)16(10-23-2)6-3-7-20(16)14(21)9-24-11-4-5-13(18)12(17)8-11/h4-5,8H,3,6-7,9-10H2,1-2H3,(H,19,22). The summed E-state index contributed by atoms with van der Waals surface area (Å²) in [5.41, 5.74) is -1.02. The second-order valence-corrected chi connectivity index (χ2v) is 5.96. The van der Waals surface area contributed by atoms with E-state index >= 15 is 0 Å². The Hall–Kier alpha value is -1.86. The van der Waals surface area contributed by atoms with E-state index < -0.39 is 11.4 Å². The van der Waals surface area contributed by atoms with Crippen LogP contribution in [-0.4, -0.2) is 56.2 Å². The lowest BCUT2D eigenvalue weighted by atomic mass is 9.96. The predicted octanol–water partition coefficient (Wildman–Crippen LogP) is 1.61. The maximum absolute atomic E-state index is 13.1. The molecule has 1 fully saturated rings. The molecule has 1 atom stereocenters. The van der Waals surface area contributed by atoms with Crippen molar-refractivity contribution in [3.05, 3.63) is 29.0 Å². The summed E-state index contributed by atoms with van der Waals surface area (Å²) in [4.78, 5) is 26.3. The molecule has 1 aromatic carbocycles. The van der Waals surface area contributed by atoms with Crippen LogP contribution in [0.2, 0.25) is 5.02 Å². The smallest absolute Gasteiger partial charge is 0.261 e. The van der Waals surface area contributed by atoms with E-state index in [4.69, 9.17) is 21.1 Å². The Bertz CT molecular complexity index is 628. The second kappa shape index (κ2) is 7.81. The molecular weight excluding hydrogens is 339 g/mol. The van der Waals surface area contributed by atoms with E-state index in [2.05, 4.69) is 5.32 Å². The molecule has 1 aliphatic heterocycles. The molecule has 1 aliphatic rings. The molecule has 8 heteroatoms. The van der Waals surface area contributed by atoms with Crippen LogP contribution in [0.25, 0.3) is 0 Å². The minimum absolute atomic E-state index is 0.0831. The second-order valence-electron chi connectivity index (χ2n) is 5.56. The summed E-state index contributed by atoms with van der Waals surface area (Å²) < 4.78 is 23.7. The van der Waals surface area contributed by atoms with Gasteiger partial charge in [0.15, 0.2) is 6.61 Å². The van der Waals surface area contributed by atoms with Gasteiger partial charge in [0, 0.05) is 26.8 Å². The van der Waals surface area contributed by atoms with E-state index in [9.17, 15) is 14.0 Å². The lowest BCUT2D eigenvalue weighted by molar-refractivity contribution is -0.149. The molecule has 2 rings (SSSR count). The Labute approximate surface area is 144 Å². The first-order valence-corrected chi connectivity index (χ1v) is 7.92. The van der Waals surface area contributed by atoms with E-state index in [-0.39, 0.29) is 35.8 Å². The number of carbonyl (C=O) groups is 2. The average molecular weight is 359 g/mol. The van der Waals surface area contributed by atoms with Crippen LogP contribution in [0.3, 0.4) is 0 Å². The van der Waals surface area contributed by atoms with Crippen molar-refractivity contribution in [1.82, 2.24) is 10.2 Å². The molecule has 1 saturated heterocycles. The molecule has 1 aromatic rings. The summed E-state index contributed by atoms with van der Waals surface area (Å²) in [6.07, 6.45) is 1.22. The molecular formula is C16H20ClFN2O4. The zero-order valence-corrected chi connectivity index (χ0v) is 14.4. The number of methoxy groups -OCH3 is 1. The van der Waals surface area contributed by atoms with Crippen molar-refractivity contribution in [1.29, 1.82) is 0 Å². The van der Waals surface area contributed by atoms with Gasteiger partial charge in [-0.2, -0.15) is 0 Å². The van der Waals surface area contributed by atoms with Gasteiger partial charge in [-0.05, 0) is 25.0 Å². The van der Waals surface area contributed by atoms with E-state index in [1.54, 1.807) is 0 Å². The van der Waals surface area contributed by atoms with Gasteiger partial charge in [0.25, 0.3) is 5.91 Å². The van der Waals surface area contributed by atoms with Gasteiger partial charge in [-0.25, -0.2) is 4.39 Å². The number of hydrogen-bond acceptors (Lipinski definition) is 4. The lowest BCUT2D eigenvalue weighted by Crippen LogP contribution is -2.60. The number of hydrogen-bond donors (Lipinski definition) is 1. The number of nitrogens with one attached hydrogen (secondary N) is 1. The highest BCUT2D eigenvalue weighted by atomic mass is 35.5. The van der Waals surface area contributed by atoms with Crippen molar-refractivity contribution in [2.75, 3.05) is 33.9 Å². The number of likely N-dealkylation sites (tertiary alicyclic amines) is 1. The van der Waals surface area contributed by atoms with Crippen molar-refractivity contribution in [3.63, 3.8) is 0 Å². The van der Waals surface area contributed by atoms with Crippen LogP contribution < -0.4 is 10.1 Å². The first-order chi connectivity index (χ1) is 11.4. The summed E-state index contributed by atoms with van der Waals surface area (Å²) in [6.45, 7) is 0.286. The zero-order valence-electron chi connectivity index (χ0n) is 13.6. The van der Waals surface area contributed by atoms with Gasteiger partial charge in [0.1, 0.15) is 17.1 Å². The lowest BCUT2D eigenvalue weighted by Gasteiger charge is -2.36. The monoisotopic (exact) mass is 358 g/mol. The number of likely N-dealkylation sites (N-methyl/N-ethyl adjacent to an activating group) is 1. The molecule has 0 bridgehead atoms. The van der Waals surface area contributed by atoms with E-state index in [0.29, 0.717) is 19.4 Å². The fraction of sp³-hybridized carbons (Fsp3) is 0.500. The number of carbonyl (C=O) groups excluding carboxylic acids is 2. The van der Waals surface area contributed by atoms with E-state index in [1.165, 1.54) is 31.2 Å². The molecule has 0 saturated carbocycles. The summed E-state index contributed by atoms with van der Waals surface area (Å²) in [5, 5.41) is 2.51. The molecule has 6 nitrogen and oxygen atoms in total. The summed E-state index contributed by atoms with van der Waals surface area (Å²) in [7, 11) is 3.01. The third-order valence-electron chi connectivity index (χ3n) is 4.08. The van der Waals surface area contributed by atoms with Gasteiger partial charge < -0.3 is 19.7 Å². The molecule has 0 radical (unpaired) electrons. The molecule has 1 unspecified atom stereocenters.